The normalized spacial score (nSPS) is 26.7. The minimum absolute atomic E-state index is 0.250. The van der Waals surface area contributed by atoms with Crippen LogP contribution < -0.4 is 5.32 Å². The summed E-state index contributed by atoms with van der Waals surface area (Å²) in [6.07, 6.45) is 45.5. The molecule has 19 heteroatoms. The van der Waals surface area contributed by atoms with Crippen molar-refractivity contribution in [2.45, 2.75) is 458 Å². The van der Waals surface area contributed by atoms with Crippen molar-refractivity contribution >= 4 is 5.91 Å². The largest absolute Gasteiger partial charge is 0.394 e. The Morgan fingerprint density at radius 3 is 0.959 bits per heavy atom. The first-order chi connectivity index (χ1) is 47.8. The summed E-state index contributed by atoms with van der Waals surface area (Å²) in [4.78, 5) is 13.4. The second-order valence-electron chi connectivity index (χ2n) is 29.6. The molecule has 0 radical (unpaired) electrons. The van der Waals surface area contributed by atoms with Gasteiger partial charge in [-0.3, -0.25) is 4.79 Å². The molecule has 3 fully saturated rings. The average Bonchev–Trinajstić information content (AvgIpc) is 0.785. The minimum Gasteiger partial charge on any atom is -0.394 e. The maximum atomic E-state index is 13.4. The second-order valence-corrected chi connectivity index (χ2v) is 29.6. The lowest BCUT2D eigenvalue weighted by Gasteiger charge is -2.48. The highest BCUT2D eigenvalue weighted by molar-refractivity contribution is 5.76. The van der Waals surface area contributed by atoms with E-state index in [1.54, 1.807) is 6.08 Å². The van der Waals surface area contributed by atoms with Crippen molar-refractivity contribution in [1.82, 2.24) is 5.32 Å². The third-order valence-corrected chi connectivity index (χ3v) is 20.8. The molecule has 0 saturated carbocycles. The van der Waals surface area contributed by atoms with Gasteiger partial charge in [0, 0.05) is 6.42 Å². The van der Waals surface area contributed by atoms with Gasteiger partial charge in [0.2, 0.25) is 5.91 Å². The van der Waals surface area contributed by atoms with Gasteiger partial charge in [-0.05, 0) is 19.3 Å². The molecular formula is C79H151NO18. The van der Waals surface area contributed by atoms with E-state index < -0.39 is 124 Å². The van der Waals surface area contributed by atoms with Crippen molar-refractivity contribution in [1.29, 1.82) is 0 Å². The number of aliphatic hydroxyl groups excluding tert-OH is 11. The van der Waals surface area contributed by atoms with Crippen molar-refractivity contribution in [3.8, 4) is 0 Å². The lowest BCUT2D eigenvalue weighted by atomic mass is 9.96. The number of carbonyl (C=O) groups is 1. The Hall–Kier alpha value is -1.47. The predicted molar refractivity (Wildman–Crippen MR) is 388 cm³/mol. The van der Waals surface area contributed by atoms with Crippen LogP contribution in [0, 0.1) is 0 Å². The molecule has 3 rings (SSSR count). The number of rotatable bonds is 66. The van der Waals surface area contributed by atoms with Crippen LogP contribution in [0.4, 0.5) is 0 Å². The zero-order chi connectivity index (χ0) is 71.1. The fourth-order valence-electron chi connectivity index (χ4n) is 14.3. The lowest BCUT2D eigenvalue weighted by molar-refractivity contribution is -0.379. The maximum Gasteiger partial charge on any atom is 0.220 e. The number of amides is 1. The van der Waals surface area contributed by atoms with Gasteiger partial charge in [0.15, 0.2) is 18.9 Å². The van der Waals surface area contributed by atoms with Crippen LogP contribution in [0.25, 0.3) is 0 Å². The molecule has 17 atom stereocenters. The van der Waals surface area contributed by atoms with Crippen LogP contribution >= 0.6 is 0 Å². The number of aliphatic hydroxyl groups is 11. The molecule has 3 aliphatic heterocycles. The zero-order valence-corrected chi connectivity index (χ0v) is 62.1. The molecule has 12 N–H and O–H groups in total. The van der Waals surface area contributed by atoms with E-state index in [2.05, 4.69) is 19.2 Å². The Morgan fingerprint density at radius 2 is 0.633 bits per heavy atom. The van der Waals surface area contributed by atoms with E-state index in [1.165, 1.54) is 283 Å². The number of unbranched alkanes of at least 4 members (excludes halogenated alkanes) is 50. The smallest absolute Gasteiger partial charge is 0.220 e. The Kier molecular flexibility index (Phi) is 56.3. The van der Waals surface area contributed by atoms with Gasteiger partial charge in [-0.15, -0.1) is 0 Å². The molecule has 1 amide bonds. The molecule has 0 aromatic heterocycles. The van der Waals surface area contributed by atoms with Crippen molar-refractivity contribution < 1.29 is 89.4 Å². The van der Waals surface area contributed by atoms with Crippen LogP contribution in [0.3, 0.4) is 0 Å². The zero-order valence-electron chi connectivity index (χ0n) is 62.1. The summed E-state index contributed by atoms with van der Waals surface area (Å²) >= 11 is 0. The van der Waals surface area contributed by atoms with E-state index in [0.29, 0.717) is 6.42 Å². The number of carbonyl (C=O) groups excluding carboxylic acids is 1. The van der Waals surface area contributed by atoms with Gasteiger partial charge in [-0.2, -0.15) is 0 Å². The summed E-state index contributed by atoms with van der Waals surface area (Å²) in [5.74, 6) is -0.269. The van der Waals surface area contributed by atoms with Gasteiger partial charge in [-0.1, -0.05) is 341 Å². The number of nitrogens with one attached hydrogen (secondary N) is 1. The van der Waals surface area contributed by atoms with Gasteiger partial charge >= 0.3 is 0 Å². The first-order valence-corrected chi connectivity index (χ1v) is 40.9. The van der Waals surface area contributed by atoms with E-state index in [1.807, 2.05) is 6.08 Å². The lowest BCUT2D eigenvalue weighted by Crippen LogP contribution is -2.66. The summed E-state index contributed by atoms with van der Waals surface area (Å²) < 4.78 is 34.4. The summed E-state index contributed by atoms with van der Waals surface area (Å²) in [6, 6.07) is -0.968. The molecule has 0 bridgehead atoms. The van der Waals surface area contributed by atoms with E-state index >= 15 is 0 Å². The van der Waals surface area contributed by atoms with E-state index in [-0.39, 0.29) is 18.9 Å². The monoisotopic (exact) mass is 1400 g/mol. The van der Waals surface area contributed by atoms with Crippen LogP contribution in [0.5, 0.6) is 0 Å². The molecule has 19 nitrogen and oxygen atoms in total. The van der Waals surface area contributed by atoms with Crippen LogP contribution in [0.1, 0.15) is 354 Å². The quantitative estimate of drug-likeness (QED) is 0.0199. The van der Waals surface area contributed by atoms with Crippen molar-refractivity contribution in [3.63, 3.8) is 0 Å². The Bertz CT molecular complexity index is 1820. The highest BCUT2D eigenvalue weighted by Crippen LogP contribution is 2.33. The van der Waals surface area contributed by atoms with Gasteiger partial charge in [0.1, 0.15) is 73.2 Å². The molecular weight excluding hydrogens is 1250 g/mol. The van der Waals surface area contributed by atoms with E-state index in [4.69, 9.17) is 28.4 Å². The molecule has 0 spiro atoms. The number of allylic oxidation sites excluding steroid dienone is 1. The van der Waals surface area contributed by atoms with Crippen molar-refractivity contribution in [2.75, 3.05) is 26.4 Å². The van der Waals surface area contributed by atoms with Crippen LogP contribution in [-0.4, -0.2) is 193 Å². The fraction of sp³-hybridized carbons (Fsp3) is 0.962. The van der Waals surface area contributed by atoms with Crippen LogP contribution in [0.15, 0.2) is 12.2 Å². The molecule has 3 heterocycles. The minimum atomic E-state index is -1.98. The van der Waals surface area contributed by atoms with Gasteiger partial charge in [0.05, 0.1) is 38.6 Å². The molecule has 98 heavy (non-hydrogen) atoms. The fourth-order valence-corrected chi connectivity index (χ4v) is 14.3. The summed E-state index contributed by atoms with van der Waals surface area (Å²) in [5.41, 5.74) is 0. The highest BCUT2D eigenvalue weighted by atomic mass is 16.8. The molecule has 17 unspecified atom stereocenters. The molecule has 580 valence electrons. The number of ether oxygens (including phenoxy) is 6. The van der Waals surface area contributed by atoms with Crippen LogP contribution in [0.2, 0.25) is 0 Å². The first-order valence-electron chi connectivity index (χ1n) is 40.9. The van der Waals surface area contributed by atoms with Crippen molar-refractivity contribution in [2.24, 2.45) is 0 Å². The molecule has 0 aliphatic carbocycles. The Morgan fingerprint density at radius 1 is 0.357 bits per heavy atom. The summed E-state index contributed by atoms with van der Waals surface area (Å²) in [6.45, 7) is 1.76. The Balaban J connectivity index is 1.24. The molecule has 0 aromatic rings. The van der Waals surface area contributed by atoms with E-state index in [9.17, 15) is 61.0 Å². The summed E-state index contributed by atoms with van der Waals surface area (Å²) in [5, 5.41) is 121. The first kappa shape index (κ1) is 90.7. The average molecular weight is 1400 g/mol. The highest BCUT2D eigenvalue weighted by Gasteiger charge is 2.54. The van der Waals surface area contributed by atoms with Crippen LogP contribution in [-0.2, 0) is 33.2 Å². The summed E-state index contributed by atoms with van der Waals surface area (Å²) in [7, 11) is 0. The maximum absolute atomic E-state index is 13.4. The van der Waals surface area contributed by atoms with E-state index in [0.717, 1.165) is 44.9 Å². The van der Waals surface area contributed by atoms with Gasteiger partial charge < -0.3 is 89.9 Å². The molecule has 3 aliphatic rings. The predicted octanol–water partition coefficient (Wildman–Crippen LogP) is 13.6. The van der Waals surface area contributed by atoms with Gasteiger partial charge in [-0.25, -0.2) is 0 Å². The number of hydrogen-bond acceptors (Lipinski definition) is 18. The topological polar surface area (TPSA) is 307 Å². The third-order valence-electron chi connectivity index (χ3n) is 20.8. The molecule has 3 saturated heterocycles. The number of hydrogen-bond donors (Lipinski definition) is 12. The molecule has 0 aromatic carbocycles. The van der Waals surface area contributed by atoms with Crippen molar-refractivity contribution in [3.05, 3.63) is 12.2 Å². The Labute approximate surface area is 595 Å². The third kappa shape index (κ3) is 40.7. The van der Waals surface area contributed by atoms with Gasteiger partial charge in [0.25, 0.3) is 0 Å². The standard InChI is InChI=1S/C79H151NO18/c1-3-5-7-9-11-13-15-17-18-19-20-21-22-23-24-25-26-27-28-29-30-31-32-33-34-35-36-37-38-39-40-41-42-43-44-45-47-49-51-53-55-57-67(85)80-62(63(84)56-54-52-50-48-46-16-14-12-10-8-6-4-2)61-93-77-73(91)70(88)75(65(59-82)95-77)98-79-74(92)71(89)76(66(60-83)96-79)97-78-72(90)69(87)68(86)64(58-81)94-78/h54,56,62-66,68-79,81-84,86-92H,3-53,55,57-61H2,1-2H3,(H,80,85)/b56-54+. The second kappa shape index (κ2) is 60.8. The SMILES string of the molecule is CCCCCCCCCCCC/C=C/C(O)C(COC1OC(CO)C(OC2OC(CO)C(OC3OC(CO)C(O)C(O)C3O)C(O)C2O)C(O)C1O)NC(=O)CCCCCCCCCCCCCCCCCCCCCCCCCCCCCCCCCCCCCCCCCCC.